The normalized spacial score (nSPS) is 24.9. The molecule has 0 aromatic rings. The van der Waals surface area contributed by atoms with Crippen LogP contribution < -0.4 is 0 Å². The zero-order valence-electron chi connectivity index (χ0n) is 15.2. The van der Waals surface area contributed by atoms with Gasteiger partial charge in [0, 0.05) is 25.7 Å². The standard InChI is InChI=1S/C16H30N2O5/c1-10-8-17(9-11(2)23-10)14(19)13(12(3)22-7)18(15(20)21)16(4,5)6/h10-13H,8-9H2,1-7H3,(H,20,21)/t10?,11?,12-,13+/m1/s1. The van der Waals surface area contributed by atoms with Gasteiger partial charge in [-0.1, -0.05) is 0 Å². The van der Waals surface area contributed by atoms with E-state index in [2.05, 4.69) is 0 Å². The van der Waals surface area contributed by atoms with Crippen molar-refractivity contribution in [2.75, 3.05) is 20.2 Å². The van der Waals surface area contributed by atoms with E-state index >= 15 is 0 Å². The zero-order chi connectivity index (χ0) is 17.9. The molecule has 1 aliphatic heterocycles. The zero-order valence-corrected chi connectivity index (χ0v) is 15.2. The molecule has 23 heavy (non-hydrogen) atoms. The molecular formula is C16H30N2O5. The van der Waals surface area contributed by atoms with Crippen LogP contribution in [0, 0.1) is 0 Å². The largest absolute Gasteiger partial charge is 0.465 e. The minimum atomic E-state index is -1.13. The lowest BCUT2D eigenvalue weighted by atomic mass is 9.99. The summed E-state index contributed by atoms with van der Waals surface area (Å²) in [5.41, 5.74) is -0.720. The Hall–Kier alpha value is -1.34. The van der Waals surface area contributed by atoms with Crippen LogP contribution in [0.4, 0.5) is 4.79 Å². The van der Waals surface area contributed by atoms with E-state index in [1.54, 1.807) is 32.6 Å². The summed E-state index contributed by atoms with van der Waals surface area (Å²) >= 11 is 0. The molecule has 0 aromatic carbocycles. The quantitative estimate of drug-likeness (QED) is 0.850. The molecule has 0 spiro atoms. The van der Waals surface area contributed by atoms with Crippen molar-refractivity contribution in [3.05, 3.63) is 0 Å². The number of methoxy groups -OCH3 is 1. The van der Waals surface area contributed by atoms with Crippen molar-refractivity contribution in [1.82, 2.24) is 9.80 Å². The third-order valence-corrected chi connectivity index (χ3v) is 4.01. The van der Waals surface area contributed by atoms with E-state index in [9.17, 15) is 14.7 Å². The molecule has 0 aliphatic carbocycles. The van der Waals surface area contributed by atoms with Gasteiger partial charge in [-0.2, -0.15) is 0 Å². The summed E-state index contributed by atoms with van der Waals surface area (Å²) in [7, 11) is 1.48. The summed E-state index contributed by atoms with van der Waals surface area (Å²) in [6, 6.07) is -0.894. The average Bonchev–Trinajstić information content (AvgIpc) is 2.40. The number of ether oxygens (including phenoxy) is 2. The van der Waals surface area contributed by atoms with Crippen LogP contribution in [0.15, 0.2) is 0 Å². The molecule has 0 aromatic heterocycles. The van der Waals surface area contributed by atoms with Crippen molar-refractivity contribution in [2.45, 2.75) is 71.4 Å². The van der Waals surface area contributed by atoms with Crippen LogP contribution in [-0.2, 0) is 14.3 Å². The van der Waals surface area contributed by atoms with Gasteiger partial charge in [-0.3, -0.25) is 9.69 Å². The van der Waals surface area contributed by atoms with Crippen molar-refractivity contribution in [1.29, 1.82) is 0 Å². The van der Waals surface area contributed by atoms with E-state index in [1.807, 2.05) is 13.8 Å². The smallest absolute Gasteiger partial charge is 0.408 e. The van der Waals surface area contributed by atoms with Gasteiger partial charge in [0.25, 0.3) is 0 Å². The molecule has 1 fully saturated rings. The van der Waals surface area contributed by atoms with E-state index in [4.69, 9.17) is 9.47 Å². The lowest BCUT2D eigenvalue weighted by molar-refractivity contribution is -0.154. The number of hydrogen-bond acceptors (Lipinski definition) is 4. The predicted molar refractivity (Wildman–Crippen MR) is 86.5 cm³/mol. The highest BCUT2D eigenvalue weighted by Crippen LogP contribution is 2.24. The molecule has 1 aliphatic rings. The van der Waals surface area contributed by atoms with Crippen LogP contribution in [0.1, 0.15) is 41.5 Å². The van der Waals surface area contributed by atoms with Gasteiger partial charge in [0.1, 0.15) is 6.04 Å². The molecule has 2 amide bonds. The fourth-order valence-corrected chi connectivity index (χ4v) is 3.02. The lowest BCUT2D eigenvalue weighted by Crippen LogP contribution is -2.63. The molecule has 134 valence electrons. The summed E-state index contributed by atoms with van der Waals surface area (Å²) in [5, 5.41) is 9.65. The molecule has 1 rings (SSSR count). The van der Waals surface area contributed by atoms with Gasteiger partial charge in [-0.05, 0) is 41.5 Å². The van der Waals surface area contributed by atoms with Gasteiger partial charge in [0.2, 0.25) is 5.91 Å². The Morgan fingerprint density at radius 3 is 2.09 bits per heavy atom. The van der Waals surface area contributed by atoms with E-state index < -0.39 is 23.8 Å². The number of morpholine rings is 1. The number of hydrogen-bond donors (Lipinski definition) is 1. The topological polar surface area (TPSA) is 79.3 Å². The van der Waals surface area contributed by atoms with E-state index in [-0.39, 0.29) is 18.1 Å². The molecule has 1 heterocycles. The molecule has 2 unspecified atom stereocenters. The van der Waals surface area contributed by atoms with Crippen LogP contribution in [0.3, 0.4) is 0 Å². The van der Waals surface area contributed by atoms with Gasteiger partial charge in [0.05, 0.1) is 18.3 Å². The highest BCUT2D eigenvalue weighted by atomic mass is 16.5. The average molecular weight is 330 g/mol. The second-order valence-electron chi connectivity index (χ2n) is 7.21. The lowest BCUT2D eigenvalue weighted by Gasteiger charge is -2.44. The molecule has 7 nitrogen and oxygen atoms in total. The number of nitrogens with zero attached hydrogens (tertiary/aromatic N) is 2. The highest BCUT2D eigenvalue weighted by molar-refractivity contribution is 5.86. The molecular weight excluding hydrogens is 300 g/mol. The second kappa shape index (κ2) is 7.49. The minimum absolute atomic E-state index is 0.0749. The maximum atomic E-state index is 13.1. The highest BCUT2D eigenvalue weighted by Gasteiger charge is 2.43. The predicted octanol–water partition coefficient (Wildman–Crippen LogP) is 1.80. The maximum absolute atomic E-state index is 13.1. The molecule has 7 heteroatoms. The van der Waals surface area contributed by atoms with Gasteiger partial charge in [-0.25, -0.2) is 4.79 Å². The number of rotatable bonds is 4. The Morgan fingerprint density at radius 1 is 1.26 bits per heavy atom. The van der Waals surface area contributed by atoms with Crippen molar-refractivity contribution >= 4 is 12.0 Å². The molecule has 0 bridgehead atoms. The first-order valence-electron chi connectivity index (χ1n) is 7.98. The van der Waals surface area contributed by atoms with Crippen LogP contribution in [0.5, 0.6) is 0 Å². The third kappa shape index (κ3) is 4.81. The summed E-state index contributed by atoms with van der Waals surface area (Å²) in [5.74, 6) is -0.237. The monoisotopic (exact) mass is 330 g/mol. The summed E-state index contributed by atoms with van der Waals surface area (Å²) < 4.78 is 11.0. The first-order valence-corrected chi connectivity index (χ1v) is 7.98. The molecule has 1 N–H and O–H groups in total. The van der Waals surface area contributed by atoms with Crippen LogP contribution >= 0.6 is 0 Å². The summed E-state index contributed by atoms with van der Waals surface area (Å²) in [6.07, 6.45) is -1.83. The van der Waals surface area contributed by atoms with Crippen LogP contribution in [-0.4, -0.2) is 77.0 Å². The van der Waals surface area contributed by atoms with Gasteiger partial charge < -0.3 is 19.5 Å². The number of carbonyl (C=O) groups excluding carboxylic acids is 1. The first-order chi connectivity index (χ1) is 10.5. The Kier molecular flexibility index (Phi) is 6.41. The molecule has 4 atom stereocenters. The Labute approximate surface area is 138 Å². The molecule has 1 saturated heterocycles. The fourth-order valence-electron chi connectivity index (χ4n) is 3.02. The van der Waals surface area contributed by atoms with E-state index in [1.165, 1.54) is 12.0 Å². The molecule has 0 saturated carbocycles. The van der Waals surface area contributed by atoms with Gasteiger partial charge >= 0.3 is 6.09 Å². The fraction of sp³-hybridized carbons (Fsp3) is 0.875. The first kappa shape index (κ1) is 19.7. The Balaban J connectivity index is 3.14. The minimum Gasteiger partial charge on any atom is -0.465 e. The van der Waals surface area contributed by atoms with E-state index in [0.717, 1.165) is 0 Å². The van der Waals surface area contributed by atoms with Gasteiger partial charge in [0.15, 0.2) is 0 Å². The van der Waals surface area contributed by atoms with Crippen LogP contribution in [0.2, 0.25) is 0 Å². The van der Waals surface area contributed by atoms with Crippen molar-refractivity contribution < 1.29 is 24.2 Å². The third-order valence-electron chi connectivity index (χ3n) is 4.01. The second-order valence-corrected chi connectivity index (χ2v) is 7.21. The number of amides is 2. The van der Waals surface area contributed by atoms with Crippen LogP contribution in [0.25, 0.3) is 0 Å². The van der Waals surface area contributed by atoms with Crippen molar-refractivity contribution in [3.8, 4) is 0 Å². The Bertz CT molecular complexity index is 425. The van der Waals surface area contributed by atoms with Gasteiger partial charge in [-0.15, -0.1) is 0 Å². The molecule has 0 radical (unpaired) electrons. The SMILES string of the molecule is CO[C@H](C)[C@@H](C(=O)N1CC(C)OC(C)C1)N(C(=O)O)C(C)(C)C. The summed E-state index contributed by atoms with van der Waals surface area (Å²) in [6.45, 7) is 11.8. The van der Waals surface area contributed by atoms with E-state index in [0.29, 0.717) is 13.1 Å². The maximum Gasteiger partial charge on any atom is 0.408 e. The number of carboxylic acid groups (broad SMARTS) is 1. The number of carbonyl (C=O) groups is 2. The summed E-state index contributed by atoms with van der Waals surface area (Å²) in [4.78, 5) is 27.7. The van der Waals surface area contributed by atoms with Crippen molar-refractivity contribution in [2.24, 2.45) is 0 Å². The van der Waals surface area contributed by atoms with Crippen molar-refractivity contribution in [3.63, 3.8) is 0 Å². The Morgan fingerprint density at radius 2 is 1.74 bits per heavy atom.